The zero-order valence-electron chi connectivity index (χ0n) is 7.35. The lowest BCUT2D eigenvalue weighted by Gasteiger charge is -2.21. The predicted molar refractivity (Wildman–Crippen MR) is 59.2 cm³/mol. The standard InChI is InChI=1S/C11H7Cl2N/c12-9-4-2-7-5-6-1-3-8(6)10(13)11(7)14-9/h2,4-5H,1,3H2. The maximum Gasteiger partial charge on any atom is 0.129 e. The molecule has 70 valence electrons. The van der Waals surface area contributed by atoms with Crippen LogP contribution in [0.25, 0.3) is 10.9 Å². The van der Waals surface area contributed by atoms with Gasteiger partial charge in [0.25, 0.3) is 0 Å². The van der Waals surface area contributed by atoms with Crippen molar-refractivity contribution in [3.05, 3.63) is 39.5 Å². The van der Waals surface area contributed by atoms with E-state index in [0.29, 0.717) is 5.15 Å². The highest BCUT2D eigenvalue weighted by molar-refractivity contribution is 6.36. The Kier molecular flexibility index (Phi) is 1.73. The normalized spacial score (nSPS) is 13.9. The lowest BCUT2D eigenvalue weighted by molar-refractivity contribution is 0.843. The van der Waals surface area contributed by atoms with Gasteiger partial charge in [0.1, 0.15) is 5.15 Å². The third-order valence-electron chi connectivity index (χ3n) is 2.73. The maximum absolute atomic E-state index is 6.23. The van der Waals surface area contributed by atoms with Gasteiger partial charge in [-0.05, 0) is 42.2 Å². The Bertz CT molecular complexity index is 534. The van der Waals surface area contributed by atoms with Crippen LogP contribution in [0.2, 0.25) is 10.2 Å². The molecule has 0 fully saturated rings. The molecule has 0 radical (unpaired) electrons. The van der Waals surface area contributed by atoms with Crippen molar-refractivity contribution in [3.8, 4) is 0 Å². The molecule has 1 nitrogen and oxygen atoms in total. The highest BCUT2D eigenvalue weighted by Crippen LogP contribution is 2.36. The number of nitrogens with zero attached hydrogens (tertiary/aromatic N) is 1. The van der Waals surface area contributed by atoms with Crippen LogP contribution < -0.4 is 0 Å². The molecule has 2 aromatic rings. The summed E-state index contributed by atoms with van der Waals surface area (Å²) in [6, 6.07) is 5.92. The molecule has 0 saturated carbocycles. The summed E-state index contributed by atoms with van der Waals surface area (Å²) in [5, 5.41) is 2.36. The Labute approximate surface area is 91.7 Å². The number of halogens is 2. The van der Waals surface area contributed by atoms with E-state index >= 15 is 0 Å². The van der Waals surface area contributed by atoms with Gasteiger partial charge < -0.3 is 0 Å². The van der Waals surface area contributed by atoms with Gasteiger partial charge >= 0.3 is 0 Å². The largest absolute Gasteiger partial charge is 0.235 e. The second-order valence-corrected chi connectivity index (χ2v) is 4.30. The molecule has 14 heavy (non-hydrogen) atoms. The fourth-order valence-electron chi connectivity index (χ4n) is 1.87. The van der Waals surface area contributed by atoms with Gasteiger partial charge in [0.15, 0.2) is 0 Å². The van der Waals surface area contributed by atoms with E-state index in [-0.39, 0.29) is 0 Å². The molecule has 0 atom stereocenters. The topological polar surface area (TPSA) is 12.9 Å². The van der Waals surface area contributed by atoms with Crippen LogP contribution in [0, 0.1) is 0 Å². The van der Waals surface area contributed by atoms with Crippen LogP contribution in [0.3, 0.4) is 0 Å². The van der Waals surface area contributed by atoms with Crippen LogP contribution in [0.15, 0.2) is 18.2 Å². The lowest BCUT2D eigenvalue weighted by Crippen LogP contribution is -2.09. The molecule has 1 aliphatic carbocycles. The summed E-state index contributed by atoms with van der Waals surface area (Å²) < 4.78 is 0. The summed E-state index contributed by atoms with van der Waals surface area (Å²) in [5.41, 5.74) is 3.43. The van der Waals surface area contributed by atoms with Crippen LogP contribution in [-0.2, 0) is 12.8 Å². The molecule has 1 aromatic carbocycles. The molecule has 0 amide bonds. The first-order valence-corrected chi connectivity index (χ1v) is 5.28. The number of fused-ring (bicyclic) bond motifs is 2. The van der Waals surface area contributed by atoms with E-state index < -0.39 is 0 Å². The van der Waals surface area contributed by atoms with E-state index in [1.807, 2.05) is 6.07 Å². The Balaban J connectivity index is 2.45. The van der Waals surface area contributed by atoms with Crippen molar-refractivity contribution in [1.29, 1.82) is 0 Å². The van der Waals surface area contributed by atoms with Gasteiger partial charge in [-0.1, -0.05) is 23.2 Å². The third kappa shape index (κ3) is 1.06. The molecular formula is C11H7Cl2N. The summed E-state index contributed by atoms with van der Waals surface area (Å²) in [6.45, 7) is 0. The van der Waals surface area contributed by atoms with Gasteiger partial charge in [0.05, 0.1) is 10.5 Å². The van der Waals surface area contributed by atoms with E-state index in [1.54, 1.807) is 6.07 Å². The van der Waals surface area contributed by atoms with Gasteiger partial charge in [-0.25, -0.2) is 4.98 Å². The Morgan fingerprint density at radius 2 is 2.00 bits per heavy atom. The second kappa shape index (κ2) is 2.85. The van der Waals surface area contributed by atoms with Crippen molar-refractivity contribution < 1.29 is 0 Å². The van der Waals surface area contributed by atoms with Gasteiger partial charge in [-0.3, -0.25) is 0 Å². The molecular weight excluding hydrogens is 217 g/mol. The van der Waals surface area contributed by atoms with Gasteiger partial charge in [0, 0.05) is 5.39 Å². The molecule has 3 heteroatoms. The van der Waals surface area contributed by atoms with E-state index in [4.69, 9.17) is 23.2 Å². The van der Waals surface area contributed by atoms with Crippen molar-refractivity contribution in [2.75, 3.05) is 0 Å². The number of aryl methyl sites for hydroxylation is 1. The lowest BCUT2D eigenvalue weighted by atomic mass is 9.87. The van der Waals surface area contributed by atoms with Crippen molar-refractivity contribution >= 4 is 34.1 Å². The second-order valence-electron chi connectivity index (χ2n) is 3.53. The number of hydrogen-bond donors (Lipinski definition) is 0. The minimum atomic E-state index is 0.499. The number of aromatic nitrogens is 1. The van der Waals surface area contributed by atoms with E-state index in [9.17, 15) is 0 Å². The van der Waals surface area contributed by atoms with E-state index in [1.165, 1.54) is 11.1 Å². The average molecular weight is 224 g/mol. The molecule has 0 spiro atoms. The average Bonchev–Trinajstić information content (AvgIpc) is 2.12. The van der Waals surface area contributed by atoms with E-state index in [0.717, 1.165) is 28.8 Å². The number of rotatable bonds is 0. The van der Waals surface area contributed by atoms with Crippen LogP contribution >= 0.6 is 23.2 Å². The number of benzene rings is 1. The van der Waals surface area contributed by atoms with Crippen LogP contribution in [0.4, 0.5) is 0 Å². The summed E-state index contributed by atoms with van der Waals surface area (Å²) >= 11 is 12.1. The molecule has 0 saturated heterocycles. The minimum absolute atomic E-state index is 0.499. The highest BCUT2D eigenvalue weighted by atomic mass is 35.5. The van der Waals surface area contributed by atoms with Crippen molar-refractivity contribution in [2.24, 2.45) is 0 Å². The first kappa shape index (κ1) is 8.51. The Morgan fingerprint density at radius 1 is 1.14 bits per heavy atom. The number of hydrogen-bond acceptors (Lipinski definition) is 1. The molecule has 0 unspecified atom stereocenters. The zero-order valence-corrected chi connectivity index (χ0v) is 8.86. The molecule has 0 aliphatic heterocycles. The fraction of sp³-hybridized carbons (Fsp3) is 0.182. The predicted octanol–water partition coefficient (Wildman–Crippen LogP) is 3.64. The molecule has 1 aromatic heterocycles. The summed E-state index contributed by atoms with van der Waals surface area (Å²) in [6.07, 6.45) is 2.20. The van der Waals surface area contributed by atoms with E-state index in [2.05, 4.69) is 11.1 Å². The third-order valence-corrected chi connectivity index (χ3v) is 3.34. The van der Waals surface area contributed by atoms with Crippen LogP contribution in [0.5, 0.6) is 0 Å². The van der Waals surface area contributed by atoms with Gasteiger partial charge in [-0.2, -0.15) is 0 Å². The Morgan fingerprint density at radius 3 is 2.71 bits per heavy atom. The summed E-state index contributed by atoms with van der Waals surface area (Å²) in [7, 11) is 0. The summed E-state index contributed by atoms with van der Waals surface area (Å²) in [4.78, 5) is 4.24. The number of pyridine rings is 1. The smallest absolute Gasteiger partial charge is 0.129 e. The molecule has 1 heterocycles. The van der Waals surface area contributed by atoms with Crippen molar-refractivity contribution in [2.45, 2.75) is 12.8 Å². The zero-order chi connectivity index (χ0) is 9.71. The fourth-order valence-corrected chi connectivity index (χ4v) is 2.39. The maximum atomic E-state index is 6.23. The molecule has 1 aliphatic rings. The Hall–Kier alpha value is -0.790. The molecule has 3 rings (SSSR count). The highest BCUT2D eigenvalue weighted by Gasteiger charge is 2.19. The van der Waals surface area contributed by atoms with Crippen molar-refractivity contribution in [3.63, 3.8) is 0 Å². The quantitative estimate of drug-likeness (QED) is 0.622. The van der Waals surface area contributed by atoms with Crippen LogP contribution in [0.1, 0.15) is 11.1 Å². The first-order chi connectivity index (χ1) is 6.75. The monoisotopic (exact) mass is 223 g/mol. The molecule has 0 N–H and O–H groups in total. The van der Waals surface area contributed by atoms with Gasteiger partial charge in [0.2, 0.25) is 0 Å². The SMILES string of the molecule is Clc1ccc2cc3c(c(Cl)c2n1)CC3. The summed E-state index contributed by atoms with van der Waals surface area (Å²) in [5.74, 6) is 0. The van der Waals surface area contributed by atoms with Gasteiger partial charge in [-0.15, -0.1) is 0 Å². The first-order valence-electron chi connectivity index (χ1n) is 4.52. The molecule has 0 bridgehead atoms. The van der Waals surface area contributed by atoms with Crippen LogP contribution in [-0.4, -0.2) is 4.98 Å². The minimum Gasteiger partial charge on any atom is -0.235 e. The van der Waals surface area contributed by atoms with Crippen molar-refractivity contribution in [1.82, 2.24) is 4.98 Å².